The fraction of sp³-hybridized carbons (Fsp3) is 0.438. The van der Waals surface area contributed by atoms with Crippen LogP contribution in [0.5, 0.6) is 17.2 Å². The van der Waals surface area contributed by atoms with Crippen molar-refractivity contribution in [2.75, 3.05) is 45.8 Å². The first kappa shape index (κ1) is 26.9. The lowest BCUT2D eigenvalue weighted by Crippen LogP contribution is -2.25. The summed E-state index contributed by atoms with van der Waals surface area (Å²) in [6, 6.07) is 19.2. The quantitative estimate of drug-likeness (QED) is 0.338. The monoisotopic (exact) mass is 502 g/mol. The third-order valence-electron chi connectivity index (χ3n) is 7.83. The first-order chi connectivity index (χ1) is 17.9. The Bertz CT molecular complexity index is 1180. The van der Waals surface area contributed by atoms with Crippen LogP contribution in [0, 0.1) is 0 Å². The number of hydrogen-bond acceptors (Lipinski definition) is 5. The van der Waals surface area contributed by atoms with Gasteiger partial charge in [-0.1, -0.05) is 37.3 Å². The highest BCUT2D eigenvalue weighted by atomic mass is 16.5. The second-order valence-electron chi connectivity index (χ2n) is 10.1. The second-order valence-corrected chi connectivity index (χ2v) is 10.1. The molecule has 1 unspecified atom stereocenters. The Morgan fingerprint density at radius 3 is 2.24 bits per heavy atom. The molecular formula is C32H42N2O3. The van der Waals surface area contributed by atoms with E-state index in [4.69, 9.17) is 9.47 Å². The Morgan fingerprint density at radius 2 is 1.57 bits per heavy atom. The molecule has 1 aliphatic carbocycles. The minimum Gasteiger partial charge on any atom is -0.508 e. The van der Waals surface area contributed by atoms with Gasteiger partial charge >= 0.3 is 0 Å². The first-order valence-corrected chi connectivity index (χ1v) is 13.5. The van der Waals surface area contributed by atoms with Crippen LogP contribution in [0.15, 0.2) is 54.6 Å². The fourth-order valence-electron chi connectivity index (χ4n) is 5.37. The van der Waals surface area contributed by atoms with Crippen molar-refractivity contribution < 1.29 is 14.6 Å². The molecule has 1 N–H and O–H groups in total. The van der Waals surface area contributed by atoms with Crippen molar-refractivity contribution in [2.24, 2.45) is 0 Å². The molecule has 0 saturated heterocycles. The zero-order valence-corrected chi connectivity index (χ0v) is 23.1. The highest BCUT2D eigenvalue weighted by Gasteiger charge is 2.26. The second kappa shape index (κ2) is 12.4. The van der Waals surface area contributed by atoms with Crippen LogP contribution in [-0.4, -0.2) is 50.9 Å². The van der Waals surface area contributed by atoms with Crippen LogP contribution in [0.3, 0.4) is 0 Å². The molecule has 1 atom stereocenters. The van der Waals surface area contributed by atoms with E-state index in [1.54, 1.807) is 20.3 Å². The number of aromatic hydroxyl groups is 1. The van der Waals surface area contributed by atoms with E-state index in [1.165, 1.54) is 33.5 Å². The average molecular weight is 503 g/mol. The maximum Gasteiger partial charge on any atom is 0.162 e. The Kier molecular flexibility index (Phi) is 8.99. The minimum absolute atomic E-state index is 0.351. The number of likely N-dealkylation sites (N-methyl/N-ethyl adjacent to an activating group) is 1. The summed E-state index contributed by atoms with van der Waals surface area (Å²) in [5.74, 6) is 2.26. The van der Waals surface area contributed by atoms with Gasteiger partial charge in [0.05, 0.1) is 14.2 Å². The smallest absolute Gasteiger partial charge is 0.162 e. The maximum atomic E-state index is 9.93. The molecule has 0 radical (unpaired) electrons. The summed E-state index contributed by atoms with van der Waals surface area (Å²) in [7, 11) is 5.58. The molecule has 5 nitrogen and oxygen atoms in total. The van der Waals surface area contributed by atoms with Gasteiger partial charge in [-0.3, -0.25) is 0 Å². The molecule has 37 heavy (non-hydrogen) atoms. The fourth-order valence-corrected chi connectivity index (χ4v) is 5.37. The molecule has 0 fully saturated rings. The molecule has 198 valence electrons. The predicted octanol–water partition coefficient (Wildman–Crippen LogP) is 6.20. The van der Waals surface area contributed by atoms with Crippen molar-refractivity contribution in [1.29, 1.82) is 0 Å². The molecule has 1 aliphatic rings. The first-order valence-electron chi connectivity index (χ1n) is 13.5. The number of anilines is 1. The number of rotatable bonds is 11. The van der Waals surface area contributed by atoms with E-state index in [2.05, 4.69) is 73.2 Å². The van der Waals surface area contributed by atoms with Crippen LogP contribution in [0.2, 0.25) is 0 Å². The number of hydrogen-bond donors (Lipinski definition) is 1. The number of ether oxygens (including phenoxy) is 2. The van der Waals surface area contributed by atoms with E-state index in [0.717, 1.165) is 63.4 Å². The predicted molar refractivity (Wildman–Crippen MR) is 152 cm³/mol. The summed E-state index contributed by atoms with van der Waals surface area (Å²) in [4.78, 5) is 4.79. The SMILES string of the molecule is CCN(C)CCc1ccc(CN(CC)c2cc(OC)c(OC)cc2C2CCc3cc(O)ccc3C2)cc1. The van der Waals surface area contributed by atoms with Gasteiger partial charge in [0.15, 0.2) is 11.5 Å². The Hall–Kier alpha value is -3.18. The van der Waals surface area contributed by atoms with Crippen LogP contribution < -0.4 is 14.4 Å². The van der Waals surface area contributed by atoms with Gasteiger partial charge in [0, 0.05) is 31.4 Å². The Labute approximate surface area is 222 Å². The molecule has 0 saturated carbocycles. The van der Waals surface area contributed by atoms with Crippen molar-refractivity contribution in [3.63, 3.8) is 0 Å². The summed E-state index contributed by atoms with van der Waals surface area (Å²) < 4.78 is 11.4. The van der Waals surface area contributed by atoms with Crippen molar-refractivity contribution >= 4 is 5.69 Å². The summed E-state index contributed by atoms with van der Waals surface area (Å²) in [5.41, 5.74) is 7.78. The van der Waals surface area contributed by atoms with Crippen LogP contribution in [-0.2, 0) is 25.8 Å². The number of phenols is 1. The number of methoxy groups -OCH3 is 2. The Balaban J connectivity index is 1.61. The van der Waals surface area contributed by atoms with Gasteiger partial charge in [-0.05, 0) is 98.1 Å². The lowest BCUT2D eigenvalue weighted by molar-refractivity contribution is 0.354. The van der Waals surface area contributed by atoms with E-state index in [1.807, 2.05) is 6.07 Å². The van der Waals surface area contributed by atoms with Crippen LogP contribution in [0.4, 0.5) is 5.69 Å². The lowest BCUT2D eigenvalue weighted by atomic mass is 9.79. The zero-order valence-electron chi connectivity index (χ0n) is 23.1. The molecule has 0 amide bonds. The van der Waals surface area contributed by atoms with E-state index in [-0.39, 0.29) is 0 Å². The van der Waals surface area contributed by atoms with Crippen molar-refractivity contribution in [1.82, 2.24) is 4.90 Å². The summed E-state index contributed by atoms with van der Waals surface area (Å²) >= 11 is 0. The highest BCUT2D eigenvalue weighted by Crippen LogP contribution is 2.43. The topological polar surface area (TPSA) is 45.2 Å². The maximum absolute atomic E-state index is 9.93. The van der Waals surface area contributed by atoms with Crippen LogP contribution >= 0.6 is 0 Å². The molecule has 3 aromatic carbocycles. The highest BCUT2D eigenvalue weighted by molar-refractivity contribution is 5.64. The van der Waals surface area contributed by atoms with Gasteiger partial charge in [0.1, 0.15) is 5.75 Å². The molecule has 3 aromatic rings. The van der Waals surface area contributed by atoms with Gasteiger partial charge in [0.25, 0.3) is 0 Å². The summed E-state index contributed by atoms with van der Waals surface area (Å²) in [6.45, 7) is 8.30. The molecule has 0 bridgehead atoms. The molecule has 0 aromatic heterocycles. The number of phenolic OH excluding ortho intramolecular Hbond substituents is 1. The van der Waals surface area contributed by atoms with Crippen LogP contribution in [0.25, 0.3) is 0 Å². The normalized spacial score (nSPS) is 14.9. The van der Waals surface area contributed by atoms with E-state index in [0.29, 0.717) is 11.7 Å². The van der Waals surface area contributed by atoms with Gasteiger partial charge < -0.3 is 24.4 Å². The van der Waals surface area contributed by atoms with Gasteiger partial charge in [-0.15, -0.1) is 0 Å². The summed E-state index contributed by atoms with van der Waals surface area (Å²) in [6.07, 6.45) is 4.03. The van der Waals surface area contributed by atoms with E-state index in [9.17, 15) is 5.11 Å². The number of nitrogens with zero attached hydrogens (tertiary/aromatic N) is 2. The van der Waals surface area contributed by atoms with Gasteiger partial charge in [-0.25, -0.2) is 0 Å². The van der Waals surface area contributed by atoms with Crippen molar-refractivity contribution in [2.45, 2.75) is 52.0 Å². The number of aryl methyl sites for hydroxylation is 1. The number of fused-ring (bicyclic) bond motifs is 1. The number of benzene rings is 3. The molecule has 4 rings (SSSR count). The summed E-state index contributed by atoms with van der Waals surface area (Å²) in [5, 5.41) is 9.93. The largest absolute Gasteiger partial charge is 0.508 e. The van der Waals surface area contributed by atoms with Crippen LogP contribution in [0.1, 0.15) is 54.0 Å². The minimum atomic E-state index is 0.351. The Morgan fingerprint density at radius 1 is 0.865 bits per heavy atom. The van der Waals surface area contributed by atoms with Gasteiger partial charge in [0.2, 0.25) is 0 Å². The van der Waals surface area contributed by atoms with E-state index < -0.39 is 0 Å². The third kappa shape index (κ3) is 6.40. The molecule has 0 heterocycles. The zero-order chi connectivity index (χ0) is 26.4. The van der Waals surface area contributed by atoms with Crippen molar-refractivity contribution in [3.05, 3.63) is 82.4 Å². The standard InChI is InChI=1S/C32H42N2O3/c1-6-33(3)17-16-23-8-10-24(11-9-23)22-34(7-2)30-21-32(37-5)31(36-4)20-29(30)27-13-12-26-19-28(35)15-14-25(26)18-27/h8-11,14-15,19-21,27,35H,6-7,12-13,16-18,22H2,1-5H3. The third-order valence-corrected chi connectivity index (χ3v) is 7.83. The van der Waals surface area contributed by atoms with E-state index >= 15 is 0 Å². The lowest BCUT2D eigenvalue weighted by Gasteiger charge is -2.32. The molecular weight excluding hydrogens is 460 g/mol. The molecule has 5 heteroatoms. The van der Waals surface area contributed by atoms with Crippen molar-refractivity contribution in [3.8, 4) is 17.2 Å². The van der Waals surface area contributed by atoms with Gasteiger partial charge in [-0.2, -0.15) is 0 Å². The average Bonchev–Trinajstić information content (AvgIpc) is 2.94. The molecule has 0 aliphatic heterocycles. The molecule has 0 spiro atoms.